The molecule has 0 heterocycles. The van der Waals surface area contributed by atoms with Crippen LogP contribution in [0.5, 0.6) is 0 Å². The number of hydrogen-bond acceptors (Lipinski definition) is 2. The molecule has 0 aromatic carbocycles. The summed E-state index contributed by atoms with van der Waals surface area (Å²) in [5, 5.41) is 0. The Morgan fingerprint density at radius 3 is 2.59 bits per heavy atom. The zero-order chi connectivity index (χ0) is 16.6. The molecule has 0 N–H and O–H groups in total. The smallest absolute Gasteiger partial charge is 0.184 e. The molecule has 3 unspecified atom stereocenters. The summed E-state index contributed by atoms with van der Waals surface area (Å²) in [5.41, 5.74) is 0.337. The molecule has 2 aliphatic carbocycles. The molecule has 3 atom stereocenters. The van der Waals surface area contributed by atoms with Gasteiger partial charge in [-0.25, -0.2) is 0 Å². The van der Waals surface area contributed by atoms with Crippen LogP contribution in [0.15, 0.2) is 0 Å². The fourth-order valence-corrected chi connectivity index (χ4v) is 6.57. The van der Waals surface area contributed by atoms with Gasteiger partial charge in [-0.3, -0.25) is 4.79 Å². The van der Waals surface area contributed by atoms with Gasteiger partial charge in [0.1, 0.15) is 5.78 Å². The van der Waals surface area contributed by atoms with Crippen LogP contribution >= 0.6 is 0 Å². The molecule has 3 heteroatoms. The normalized spacial score (nSPS) is 33.6. The number of carbonyl (C=O) groups is 1. The molecular weight excluding hydrogens is 288 g/mol. The second kappa shape index (κ2) is 6.39. The molecule has 0 saturated heterocycles. The van der Waals surface area contributed by atoms with Crippen LogP contribution in [0, 0.1) is 17.3 Å². The molecular formula is C19H36O2Si. The Hall–Kier alpha value is -0.153. The largest absolute Gasteiger partial charge is 0.413 e. The van der Waals surface area contributed by atoms with E-state index in [4.69, 9.17) is 4.43 Å². The minimum atomic E-state index is -1.46. The van der Waals surface area contributed by atoms with Crippen molar-refractivity contribution in [3.63, 3.8) is 0 Å². The maximum atomic E-state index is 11.8. The number of rotatable bonds is 5. The number of hydrogen-bond donors (Lipinski definition) is 0. The van der Waals surface area contributed by atoms with Crippen LogP contribution in [0.1, 0.15) is 72.1 Å². The Labute approximate surface area is 138 Å². The van der Waals surface area contributed by atoms with Crippen molar-refractivity contribution in [1.82, 2.24) is 0 Å². The molecule has 2 rings (SSSR count). The lowest BCUT2D eigenvalue weighted by atomic mass is 9.57. The van der Waals surface area contributed by atoms with E-state index in [2.05, 4.69) is 40.4 Å². The van der Waals surface area contributed by atoms with Gasteiger partial charge < -0.3 is 4.43 Å². The number of fused-ring (bicyclic) bond motifs is 1. The second-order valence-corrected chi connectivity index (χ2v) is 14.2. The van der Waals surface area contributed by atoms with Crippen molar-refractivity contribution in [2.75, 3.05) is 0 Å². The van der Waals surface area contributed by atoms with E-state index in [-0.39, 0.29) is 5.60 Å². The first-order valence-electron chi connectivity index (χ1n) is 9.21. The van der Waals surface area contributed by atoms with Crippen molar-refractivity contribution < 1.29 is 9.22 Å². The first-order chi connectivity index (χ1) is 9.99. The van der Waals surface area contributed by atoms with Crippen molar-refractivity contribution in [3.05, 3.63) is 0 Å². The van der Waals surface area contributed by atoms with E-state index in [1.807, 2.05) is 0 Å². The molecule has 0 bridgehead atoms. The van der Waals surface area contributed by atoms with Crippen molar-refractivity contribution >= 4 is 14.1 Å². The topological polar surface area (TPSA) is 26.3 Å². The Balaban J connectivity index is 1.85. The van der Waals surface area contributed by atoms with Gasteiger partial charge in [0.05, 0.1) is 5.60 Å². The summed E-state index contributed by atoms with van der Waals surface area (Å²) in [6.07, 6.45) is 9.17. The summed E-state index contributed by atoms with van der Waals surface area (Å²) in [7, 11) is -1.46. The van der Waals surface area contributed by atoms with E-state index < -0.39 is 8.32 Å². The van der Waals surface area contributed by atoms with Gasteiger partial charge in [0.15, 0.2) is 8.32 Å². The quantitative estimate of drug-likeness (QED) is 0.618. The summed E-state index contributed by atoms with van der Waals surface area (Å²) in [6.45, 7) is 13.7. The predicted octanol–water partition coefficient (Wildman–Crippen LogP) is 5.57. The highest BCUT2D eigenvalue weighted by Gasteiger charge is 2.43. The summed E-state index contributed by atoms with van der Waals surface area (Å²) < 4.78 is 6.35. The molecule has 0 aromatic heterocycles. The lowest BCUT2D eigenvalue weighted by Crippen LogP contribution is -2.41. The minimum Gasteiger partial charge on any atom is -0.413 e. The Morgan fingerprint density at radius 2 is 1.95 bits per heavy atom. The van der Waals surface area contributed by atoms with Crippen molar-refractivity contribution in [1.29, 1.82) is 0 Å². The Morgan fingerprint density at radius 1 is 1.27 bits per heavy atom. The molecule has 0 aromatic rings. The van der Waals surface area contributed by atoms with Crippen molar-refractivity contribution in [2.24, 2.45) is 17.3 Å². The van der Waals surface area contributed by atoms with Gasteiger partial charge in [-0.2, -0.15) is 0 Å². The third kappa shape index (κ3) is 4.92. The van der Waals surface area contributed by atoms with Crippen LogP contribution in [-0.2, 0) is 9.22 Å². The highest BCUT2D eigenvalue weighted by atomic mass is 28.4. The van der Waals surface area contributed by atoms with E-state index in [1.165, 1.54) is 32.1 Å². The molecule has 0 spiro atoms. The number of carbonyl (C=O) groups excluding carboxylic acids is 1. The third-order valence-corrected chi connectivity index (χ3v) is 7.00. The van der Waals surface area contributed by atoms with Gasteiger partial charge in [0.25, 0.3) is 0 Å². The zero-order valence-corrected chi connectivity index (χ0v) is 16.6. The van der Waals surface area contributed by atoms with E-state index in [9.17, 15) is 4.79 Å². The SMILES string of the molecule is CC(C)(CCC1CCC2(C)CC(=O)CCC2C1)O[Si](C)(C)C. The minimum absolute atomic E-state index is 0.0216. The lowest BCUT2D eigenvalue weighted by Gasteiger charge is -2.47. The molecule has 0 radical (unpaired) electrons. The maximum absolute atomic E-state index is 11.8. The number of Topliss-reactive ketones (excluding diaryl/α,β-unsaturated/α-hetero) is 1. The third-order valence-electron chi connectivity index (χ3n) is 5.84. The Kier molecular flexibility index (Phi) is 5.28. The van der Waals surface area contributed by atoms with Crippen LogP contribution in [0.3, 0.4) is 0 Å². The fraction of sp³-hybridized carbons (Fsp3) is 0.947. The molecule has 2 aliphatic rings. The van der Waals surface area contributed by atoms with Gasteiger partial charge in [0.2, 0.25) is 0 Å². The van der Waals surface area contributed by atoms with E-state index >= 15 is 0 Å². The summed E-state index contributed by atoms with van der Waals surface area (Å²) in [5.74, 6) is 2.13. The molecule has 22 heavy (non-hydrogen) atoms. The molecule has 2 nitrogen and oxygen atoms in total. The molecule has 2 fully saturated rings. The highest BCUT2D eigenvalue weighted by molar-refractivity contribution is 6.69. The van der Waals surface area contributed by atoms with E-state index in [0.29, 0.717) is 11.2 Å². The highest BCUT2D eigenvalue weighted by Crippen LogP contribution is 2.51. The molecule has 2 saturated carbocycles. The van der Waals surface area contributed by atoms with Crippen molar-refractivity contribution in [3.8, 4) is 0 Å². The summed E-state index contributed by atoms with van der Waals surface area (Å²) in [6, 6.07) is 0. The van der Waals surface area contributed by atoms with Gasteiger partial charge in [-0.15, -0.1) is 0 Å². The molecule has 0 aliphatic heterocycles. The van der Waals surface area contributed by atoms with Crippen LogP contribution in [0.4, 0.5) is 0 Å². The monoisotopic (exact) mass is 324 g/mol. The first-order valence-corrected chi connectivity index (χ1v) is 12.6. The van der Waals surface area contributed by atoms with E-state index in [0.717, 1.165) is 31.1 Å². The number of ketones is 1. The Bertz CT molecular complexity index is 410. The van der Waals surface area contributed by atoms with Crippen LogP contribution in [-0.4, -0.2) is 19.7 Å². The lowest BCUT2D eigenvalue weighted by molar-refractivity contribution is -0.127. The standard InChI is InChI=1S/C19H36O2Si/c1-18(2,21-22(4,5)6)11-9-15-10-12-19(3)14-17(20)8-7-16(19)13-15/h15-16H,7-14H2,1-6H3. The van der Waals surface area contributed by atoms with Crippen LogP contribution in [0.25, 0.3) is 0 Å². The summed E-state index contributed by atoms with van der Waals surface area (Å²) in [4.78, 5) is 11.8. The second-order valence-electron chi connectivity index (χ2n) is 9.76. The van der Waals surface area contributed by atoms with Gasteiger partial charge in [0, 0.05) is 12.8 Å². The zero-order valence-electron chi connectivity index (χ0n) is 15.6. The first kappa shape index (κ1) is 18.2. The van der Waals surface area contributed by atoms with Crippen LogP contribution in [0.2, 0.25) is 19.6 Å². The van der Waals surface area contributed by atoms with Crippen molar-refractivity contribution in [2.45, 2.75) is 97.4 Å². The fourth-order valence-electron chi connectivity index (χ4n) is 4.81. The van der Waals surface area contributed by atoms with E-state index in [1.54, 1.807) is 0 Å². The van der Waals surface area contributed by atoms with Gasteiger partial charge in [-0.1, -0.05) is 6.92 Å². The molecule has 0 amide bonds. The summed E-state index contributed by atoms with van der Waals surface area (Å²) >= 11 is 0. The average Bonchev–Trinajstić information content (AvgIpc) is 2.33. The van der Waals surface area contributed by atoms with Crippen LogP contribution < -0.4 is 0 Å². The van der Waals surface area contributed by atoms with Gasteiger partial charge >= 0.3 is 0 Å². The molecule has 128 valence electrons. The average molecular weight is 325 g/mol. The maximum Gasteiger partial charge on any atom is 0.184 e. The predicted molar refractivity (Wildman–Crippen MR) is 95.5 cm³/mol. The van der Waals surface area contributed by atoms with Gasteiger partial charge in [-0.05, 0) is 89.3 Å².